The van der Waals surface area contributed by atoms with Crippen LogP contribution in [0.15, 0.2) is 42.5 Å². The van der Waals surface area contributed by atoms with Gasteiger partial charge in [-0.25, -0.2) is 0 Å². The van der Waals surface area contributed by atoms with Crippen LogP contribution in [0.5, 0.6) is 5.75 Å². The smallest absolute Gasteiger partial charge is 0.115 e. The van der Waals surface area contributed by atoms with Crippen LogP contribution < -0.4 is 4.90 Å². The summed E-state index contributed by atoms with van der Waals surface area (Å²) in [6, 6.07) is 14.2. The highest BCUT2D eigenvalue weighted by Crippen LogP contribution is 2.29. The third-order valence-corrected chi connectivity index (χ3v) is 3.69. The number of aromatic hydroxyl groups is 1. The predicted molar refractivity (Wildman–Crippen MR) is 80.8 cm³/mol. The highest BCUT2D eigenvalue weighted by molar-refractivity contribution is 5.55. The second-order valence-corrected chi connectivity index (χ2v) is 5.17. The lowest BCUT2D eigenvalue weighted by Crippen LogP contribution is -2.22. The first kappa shape index (κ1) is 13.5. The van der Waals surface area contributed by atoms with Crippen LogP contribution in [-0.4, -0.2) is 12.2 Å². The Kier molecular flexibility index (Phi) is 3.79. The monoisotopic (exact) mass is 255 g/mol. The lowest BCUT2D eigenvalue weighted by Gasteiger charge is -2.29. The minimum absolute atomic E-state index is 0.266. The number of nitrogens with zero attached hydrogens (tertiary/aromatic N) is 1. The molecule has 0 aliphatic carbocycles. The molecule has 2 heteroatoms. The molecule has 2 rings (SSSR count). The number of aryl methyl sites for hydroxylation is 2. The lowest BCUT2D eigenvalue weighted by molar-refractivity contribution is 0.475. The van der Waals surface area contributed by atoms with Crippen molar-refractivity contribution in [1.82, 2.24) is 0 Å². The first-order chi connectivity index (χ1) is 8.99. The van der Waals surface area contributed by atoms with E-state index in [2.05, 4.69) is 50.9 Å². The van der Waals surface area contributed by atoms with Crippen LogP contribution in [0.1, 0.15) is 29.7 Å². The molecule has 0 bridgehead atoms. The predicted octanol–water partition coefficient (Wildman–Crippen LogP) is 4.21. The van der Waals surface area contributed by atoms with E-state index in [1.54, 1.807) is 12.1 Å². The van der Waals surface area contributed by atoms with Crippen molar-refractivity contribution >= 4 is 5.69 Å². The van der Waals surface area contributed by atoms with Crippen molar-refractivity contribution in [2.24, 2.45) is 0 Å². The molecule has 1 N–H and O–H groups in total. The molecule has 0 heterocycles. The average Bonchev–Trinajstić information content (AvgIpc) is 2.38. The molecule has 2 nitrogen and oxygen atoms in total. The normalized spacial score (nSPS) is 12.2. The maximum absolute atomic E-state index is 9.36. The van der Waals surface area contributed by atoms with Gasteiger partial charge in [-0.15, -0.1) is 0 Å². The Hall–Kier alpha value is -1.96. The Balaban J connectivity index is 2.27. The second kappa shape index (κ2) is 5.35. The Bertz CT molecular complexity index is 560. The Labute approximate surface area is 115 Å². The number of rotatable bonds is 3. The van der Waals surface area contributed by atoms with E-state index in [0.717, 1.165) is 0 Å². The van der Waals surface area contributed by atoms with Crippen molar-refractivity contribution in [2.75, 3.05) is 11.9 Å². The Morgan fingerprint density at radius 3 is 2.21 bits per heavy atom. The Morgan fingerprint density at radius 1 is 1.00 bits per heavy atom. The lowest BCUT2D eigenvalue weighted by atomic mass is 10.0. The number of phenolic OH excluding ortho intramolecular Hbond substituents is 1. The van der Waals surface area contributed by atoms with E-state index in [1.807, 2.05) is 12.1 Å². The van der Waals surface area contributed by atoms with Gasteiger partial charge in [0.15, 0.2) is 0 Å². The molecule has 19 heavy (non-hydrogen) atoms. The molecule has 1 unspecified atom stereocenters. The van der Waals surface area contributed by atoms with Crippen LogP contribution in [0.3, 0.4) is 0 Å². The largest absolute Gasteiger partial charge is 0.508 e. The molecule has 100 valence electrons. The van der Waals surface area contributed by atoms with Gasteiger partial charge >= 0.3 is 0 Å². The summed E-state index contributed by atoms with van der Waals surface area (Å²) in [6.45, 7) is 6.42. The van der Waals surface area contributed by atoms with E-state index in [-0.39, 0.29) is 6.04 Å². The van der Waals surface area contributed by atoms with Gasteiger partial charge in [-0.3, -0.25) is 0 Å². The summed E-state index contributed by atoms with van der Waals surface area (Å²) in [7, 11) is 2.11. The van der Waals surface area contributed by atoms with Crippen molar-refractivity contribution in [3.8, 4) is 5.75 Å². The minimum Gasteiger partial charge on any atom is -0.508 e. The quantitative estimate of drug-likeness (QED) is 0.888. The highest BCUT2D eigenvalue weighted by atomic mass is 16.3. The fourth-order valence-corrected chi connectivity index (χ4v) is 2.39. The molecule has 2 aromatic carbocycles. The molecule has 0 aliphatic heterocycles. The summed E-state index contributed by atoms with van der Waals surface area (Å²) in [5.74, 6) is 0.310. The van der Waals surface area contributed by atoms with Crippen molar-refractivity contribution in [3.05, 3.63) is 59.2 Å². The van der Waals surface area contributed by atoms with Crippen molar-refractivity contribution in [3.63, 3.8) is 0 Å². The molecule has 0 aliphatic rings. The first-order valence-corrected chi connectivity index (χ1v) is 6.58. The summed E-state index contributed by atoms with van der Waals surface area (Å²) in [4.78, 5) is 2.27. The van der Waals surface area contributed by atoms with E-state index < -0.39 is 0 Å². The molecular weight excluding hydrogens is 234 g/mol. The van der Waals surface area contributed by atoms with E-state index in [9.17, 15) is 5.11 Å². The van der Waals surface area contributed by atoms with Gasteiger partial charge in [-0.2, -0.15) is 0 Å². The number of phenols is 1. The van der Waals surface area contributed by atoms with Gasteiger partial charge in [0.25, 0.3) is 0 Å². The number of hydrogen-bond acceptors (Lipinski definition) is 2. The Morgan fingerprint density at radius 2 is 1.63 bits per heavy atom. The van der Waals surface area contributed by atoms with E-state index in [1.165, 1.54) is 22.4 Å². The summed E-state index contributed by atoms with van der Waals surface area (Å²) in [5, 5.41) is 9.36. The summed E-state index contributed by atoms with van der Waals surface area (Å²) in [5.41, 5.74) is 5.01. The fraction of sp³-hybridized carbons (Fsp3) is 0.294. The SMILES string of the molecule is Cc1ccc(N(C)C(C)c2ccc(O)cc2)c(C)c1. The molecular formula is C17H21NO. The maximum atomic E-state index is 9.36. The van der Waals surface area contributed by atoms with Crippen LogP contribution >= 0.6 is 0 Å². The van der Waals surface area contributed by atoms with Gasteiger partial charge in [-0.1, -0.05) is 29.8 Å². The molecule has 0 saturated carbocycles. The molecule has 0 aromatic heterocycles. The first-order valence-electron chi connectivity index (χ1n) is 6.58. The van der Waals surface area contributed by atoms with Gasteiger partial charge in [-0.05, 0) is 50.1 Å². The van der Waals surface area contributed by atoms with Crippen LogP contribution in [0.2, 0.25) is 0 Å². The van der Waals surface area contributed by atoms with Crippen molar-refractivity contribution in [1.29, 1.82) is 0 Å². The van der Waals surface area contributed by atoms with E-state index in [4.69, 9.17) is 0 Å². The third kappa shape index (κ3) is 2.90. The minimum atomic E-state index is 0.266. The summed E-state index contributed by atoms with van der Waals surface area (Å²) >= 11 is 0. The van der Waals surface area contributed by atoms with E-state index in [0.29, 0.717) is 5.75 Å². The summed E-state index contributed by atoms with van der Waals surface area (Å²) in [6.07, 6.45) is 0. The molecule has 0 radical (unpaired) electrons. The standard InChI is InChI=1S/C17H21NO/c1-12-5-10-17(13(2)11-12)18(4)14(3)15-6-8-16(19)9-7-15/h5-11,14,19H,1-4H3. The molecule has 1 atom stereocenters. The third-order valence-electron chi connectivity index (χ3n) is 3.69. The molecule has 2 aromatic rings. The van der Waals surface area contributed by atoms with Gasteiger partial charge in [0, 0.05) is 12.7 Å². The number of anilines is 1. The van der Waals surface area contributed by atoms with Crippen LogP contribution in [0.25, 0.3) is 0 Å². The van der Waals surface area contributed by atoms with Gasteiger partial charge < -0.3 is 10.0 Å². The maximum Gasteiger partial charge on any atom is 0.115 e. The zero-order valence-corrected chi connectivity index (χ0v) is 12.0. The van der Waals surface area contributed by atoms with Crippen LogP contribution in [0, 0.1) is 13.8 Å². The summed E-state index contributed by atoms with van der Waals surface area (Å²) < 4.78 is 0. The second-order valence-electron chi connectivity index (χ2n) is 5.17. The highest BCUT2D eigenvalue weighted by Gasteiger charge is 2.14. The van der Waals surface area contributed by atoms with E-state index >= 15 is 0 Å². The number of benzene rings is 2. The van der Waals surface area contributed by atoms with Gasteiger partial charge in [0.2, 0.25) is 0 Å². The molecule has 0 saturated heterocycles. The molecule has 0 fully saturated rings. The number of hydrogen-bond donors (Lipinski definition) is 1. The zero-order valence-electron chi connectivity index (χ0n) is 12.0. The molecule has 0 amide bonds. The van der Waals surface area contributed by atoms with Gasteiger partial charge in [0.05, 0.1) is 6.04 Å². The fourth-order valence-electron chi connectivity index (χ4n) is 2.39. The topological polar surface area (TPSA) is 23.5 Å². The van der Waals surface area contributed by atoms with Crippen molar-refractivity contribution in [2.45, 2.75) is 26.8 Å². The average molecular weight is 255 g/mol. The van der Waals surface area contributed by atoms with Crippen LogP contribution in [-0.2, 0) is 0 Å². The van der Waals surface area contributed by atoms with Crippen molar-refractivity contribution < 1.29 is 5.11 Å². The van der Waals surface area contributed by atoms with Crippen LogP contribution in [0.4, 0.5) is 5.69 Å². The van der Waals surface area contributed by atoms with Gasteiger partial charge in [0.1, 0.15) is 5.75 Å². The zero-order chi connectivity index (χ0) is 14.0. The molecule has 0 spiro atoms.